The third kappa shape index (κ3) is 2.12. The lowest BCUT2D eigenvalue weighted by Gasteiger charge is -2.43. The highest BCUT2D eigenvalue weighted by Gasteiger charge is 2.66. The first-order valence-corrected chi connectivity index (χ1v) is 7.99. The van der Waals surface area contributed by atoms with Crippen LogP contribution in [0.2, 0.25) is 0 Å². The number of esters is 2. The molecule has 22 heavy (non-hydrogen) atoms. The lowest BCUT2D eigenvalue weighted by atomic mass is 9.68. The third-order valence-corrected chi connectivity index (χ3v) is 5.93. The van der Waals surface area contributed by atoms with Crippen molar-refractivity contribution in [3.05, 3.63) is 0 Å². The van der Waals surface area contributed by atoms with Gasteiger partial charge >= 0.3 is 11.9 Å². The Morgan fingerprint density at radius 1 is 1.50 bits per heavy atom. The molecule has 3 fully saturated rings. The van der Waals surface area contributed by atoms with Gasteiger partial charge in [0.15, 0.2) is 0 Å². The molecule has 120 valence electrons. The van der Waals surface area contributed by atoms with E-state index in [9.17, 15) is 14.9 Å². The minimum atomic E-state index is -0.594. The minimum absolute atomic E-state index is 0.0166. The maximum atomic E-state index is 12.4. The molecule has 0 amide bonds. The summed E-state index contributed by atoms with van der Waals surface area (Å²) in [5.41, 5.74) is -0.766. The van der Waals surface area contributed by atoms with Crippen LogP contribution in [0.5, 0.6) is 0 Å². The van der Waals surface area contributed by atoms with E-state index in [0.29, 0.717) is 6.42 Å². The van der Waals surface area contributed by atoms with E-state index in [-0.39, 0.29) is 47.6 Å². The van der Waals surface area contributed by atoms with Crippen molar-refractivity contribution in [2.45, 2.75) is 59.2 Å². The van der Waals surface area contributed by atoms with Gasteiger partial charge in [-0.2, -0.15) is 5.26 Å². The lowest BCUT2D eigenvalue weighted by molar-refractivity contribution is -0.192. The first kappa shape index (κ1) is 15.3. The Morgan fingerprint density at radius 3 is 2.77 bits per heavy atom. The van der Waals surface area contributed by atoms with E-state index in [2.05, 4.69) is 6.07 Å². The predicted molar refractivity (Wildman–Crippen MR) is 77.3 cm³/mol. The minimum Gasteiger partial charge on any atom is -0.458 e. The molecule has 5 nitrogen and oxygen atoms in total. The zero-order valence-corrected chi connectivity index (χ0v) is 13.6. The molecule has 0 aromatic carbocycles. The van der Waals surface area contributed by atoms with Crippen molar-refractivity contribution >= 4 is 11.9 Å². The van der Waals surface area contributed by atoms with Crippen molar-refractivity contribution in [2.75, 3.05) is 0 Å². The summed E-state index contributed by atoms with van der Waals surface area (Å²) in [6, 6.07) is 2.35. The summed E-state index contributed by atoms with van der Waals surface area (Å²) in [7, 11) is 0. The second-order valence-corrected chi connectivity index (χ2v) is 8.19. The molecule has 0 aromatic rings. The average Bonchev–Trinajstić information content (AvgIpc) is 2.95. The number of nitriles is 1. The van der Waals surface area contributed by atoms with Crippen LogP contribution in [-0.4, -0.2) is 24.1 Å². The smallest absolute Gasteiger partial charge is 0.309 e. The molecule has 0 spiro atoms. The quantitative estimate of drug-likeness (QED) is 0.732. The summed E-state index contributed by atoms with van der Waals surface area (Å²) in [5.74, 6) is -0.657. The van der Waals surface area contributed by atoms with Crippen LogP contribution in [-0.2, 0) is 19.1 Å². The van der Waals surface area contributed by atoms with Crippen LogP contribution in [0.25, 0.3) is 0 Å². The standard InChI is InChI=1S/C17H23NO4/c1-9(16(2,3)4)15(20)22-13-10-5-11-14(13)21-12(19)7-17(11,6-10)8-18/h9-11,13-14H,5-7H2,1-4H3. The van der Waals surface area contributed by atoms with Crippen LogP contribution in [0, 0.1) is 39.9 Å². The molecular weight excluding hydrogens is 282 g/mol. The molecule has 0 aromatic heterocycles. The van der Waals surface area contributed by atoms with Gasteiger partial charge < -0.3 is 9.47 Å². The highest BCUT2D eigenvalue weighted by Crippen LogP contribution is 2.61. The maximum absolute atomic E-state index is 12.4. The topological polar surface area (TPSA) is 76.4 Å². The summed E-state index contributed by atoms with van der Waals surface area (Å²) in [6.45, 7) is 7.87. The normalized spacial score (nSPS) is 40.8. The van der Waals surface area contributed by atoms with Crippen LogP contribution < -0.4 is 0 Å². The monoisotopic (exact) mass is 305 g/mol. The van der Waals surface area contributed by atoms with Gasteiger partial charge in [-0.25, -0.2) is 0 Å². The molecule has 2 saturated carbocycles. The number of carbonyl (C=O) groups excluding carboxylic acids is 2. The SMILES string of the molecule is CC(C(=O)OC1C2CC3C1OC(=O)CC3(C#N)C2)C(C)(C)C. The molecule has 0 N–H and O–H groups in total. The van der Waals surface area contributed by atoms with Gasteiger partial charge in [-0.15, -0.1) is 0 Å². The van der Waals surface area contributed by atoms with Gasteiger partial charge in [0.05, 0.1) is 23.8 Å². The van der Waals surface area contributed by atoms with Crippen LogP contribution in [0.1, 0.15) is 47.0 Å². The first-order chi connectivity index (χ1) is 10.2. The van der Waals surface area contributed by atoms with Crippen LogP contribution in [0.15, 0.2) is 0 Å². The number of nitrogens with zero attached hydrogens (tertiary/aromatic N) is 1. The molecule has 1 saturated heterocycles. The predicted octanol–water partition coefficient (Wildman–Crippen LogP) is 2.45. The zero-order valence-electron chi connectivity index (χ0n) is 13.6. The Bertz CT molecular complexity index is 558. The summed E-state index contributed by atoms with van der Waals surface area (Å²) >= 11 is 0. The van der Waals surface area contributed by atoms with E-state index in [4.69, 9.17) is 9.47 Å². The zero-order chi connectivity index (χ0) is 16.3. The Labute approximate surface area is 131 Å². The second kappa shape index (κ2) is 4.71. The Balaban J connectivity index is 1.77. The van der Waals surface area contributed by atoms with Gasteiger partial charge in [0, 0.05) is 11.8 Å². The maximum Gasteiger partial charge on any atom is 0.309 e. The number of ether oxygens (including phenoxy) is 2. The number of fused-ring (bicyclic) bond motifs is 1. The van der Waals surface area contributed by atoms with E-state index in [1.165, 1.54) is 0 Å². The fraction of sp³-hybridized carbons (Fsp3) is 0.824. The number of carbonyl (C=O) groups is 2. The molecule has 1 aliphatic heterocycles. The first-order valence-electron chi connectivity index (χ1n) is 7.99. The number of rotatable bonds is 2. The van der Waals surface area contributed by atoms with Crippen LogP contribution >= 0.6 is 0 Å². The van der Waals surface area contributed by atoms with Gasteiger partial charge in [0.25, 0.3) is 0 Å². The Morgan fingerprint density at radius 2 is 2.18 bits per heavy atom. The Hall–Kier alpha value is -1.57. The molecule has 1 heterocycles. The highest BCUT2D eigenvalue weighted by atomic mass is 16.6. The molecule has 6 unspecified atom stereocenters. The van der Waals surface area contributed by atoms with E-state index in [0.717, 1.165) is 6.42 Å². The molecule has 3 rings (SSSR count). The lowest BCUT2D eigenvalue weighted by Crippen LogP contribution is -2.52. The summed E-state index contributed by atoms with van der Waals surface area (Å²) in [4.78, 5) is 24.2. The van der Waals surface area contributed by atoms with Crippen molar-refractivity contribution in [1.29, 1.82) is 5.26 Å². The number of hydrogen-bond donors (Lipinski definition) is 0. The van der Waals surface area contributed by atoms with Crippen molar-refractivity contribution in [1.82, 2.24) is 0 Å². The van der Waals surface area contributed by atoms with Crippen molar-refractivity contribution in [3.63, 3.8) is 0 Å². The van der Waals surface area contributed by atoms with Gasteiger partial charge in [-0.3, -0.25) is 9.59 Å². The second-order valence-electron chi connectivity index (χ2n) is 8.19. The van der Waals surface area contributed by atoms with Crippen molar-refractivity contribution < 1.29 is 19.1 Å². The summed E-state index contributed by atoms with van der Waals surface area (Å²) in [6.07, 6.45) is 0.818. The third-order valence-electron chi connectivity index (χ3n) is 5.93. The largest absolute Gasteiger partial charge is 0.458 e. The van der Waals surface area contributed by atoms with E-state index in [1.54, 1.807) is 0 Å². The number of hydrogen-bond acceptors (Lipinski definition) is 5. The molecule has 6 atom stereocenters. The van der Waals surface area contributed by atoms with Gasteiger partial charge in [-0.05, 0) is 18.3 Å². The van der Waals surface area contributed by atoms with Gasteiger partial charge in [0.2, 0.25) is 0 Å². The van der Waals surface area contributed by atoms with Gasteiger partial charge in [0.1, 0.15) is 12.2 Å². The molecule has 2 bridgehead atoms. The van der Waals surface area contributed by atoms with Crippen LogP contribution in [0.4, 0.5) is 0 Å². The fourth-order valence-corrected chi connectivity index (χ4v) is 4.17. The highest BCUT2D eigenvalue weighted by molar-refractivity contribution is 5.74. The van der Waals surface area contributed by atoms with E-state index < -0.39 is 11.5 Å². The van der Waals surface area contributed by atoms with Crippen molar-refractivity contribution in [2.24, 2.45) is 28.6 Å². The molecule has 3 aliphatic rings. The summed E-state index contributed by atoms with van der Waals surface area (Å²) in [5, 5.41) is 9.51. The molecule has 2 aliphatic carbocycles. The Kier molecular flexibility index (Phi) is 3.28. The average molecular weight is 305 g/mol. The fourth-order valence-electron chi connectivity index (χ4n) is 4.17. The van der Waals surface area contributed by atoms with E-state index >= 15 is 0 Å². The molecule has 5 heteroatoms. The molecule has 0 radical (unpaired) electrons. The molecular formula is C17H23NO4. The summed E-state index contributed by atoms with van der Waals surface area (Å²) < 4.78 is 11.2. The van der Waals surface area contributed by atoms with Gasteiger partial charge in [-0.1, -0.05) is 27.7 Å². The van der Waals surface area contributed by atoms with Crippen LogP contribution in [0.3, 0.4) is 0 Å². The van der Waals surface area contributed by atoms with Crippen molar-refractivity contribution in [3.8, 4) is 6.07 Å². The van der Waals surface area contributed by atoms with E-state index in [1.807, 2.05) is 27.7 Å².